The van der Waals surface area contributed by atoms with Crippen LogP contribution in [0.3, 0.4) is 0 Å². The normalized spacial score (nSPS) is 16.7. The number of hydrogen-bond donors (Lipinski definition) is 1. The quantitative estimate of drug-likeness (QED) is 0.559. The number of amides is 1. The van der Waals surface area contributed by atoms with E-state index < -0.39 is 0 Å². The molecule has 0 aliphatic carbocycles. The molecule has 4 rings (SSSR count). The Morgan fingerprint density at radius 3 is 2.83 bits per heavy atom. The van der Waals surface area contributed by atoms with Gasteiger partial charge in [0.1, 0.15) is 0 Å². The van der Waals surface area contributed by atoms with Crippen molar-refractivity contribution in [2.45, 2.75) is 31.9 Å². The van der Waals surface area contributed by atoms with Gasteiger partial charge in [-0.25, -0.2) is 5.10 Å². The first-order valence-electron chi connectivity index (χ1n) is 9.23. The number of nitrogens with zero attached hydrogens (tertiary/aromatic N) is 4. The molecular weight excluding hydrogens is 433 g/mol. The van der Waals surface area contributed by atoms with E-state index in [-0.39, 0.29) is 11.9 Å². The van der Waals surface area contributed by atoms with Crippen LogP contribution < -0.4 is 0 Å². The summed E-state index contributed by atoms with van der Waals surface area (Å²) < 4.78 is 5.92. The number of benzene rings is 1. The second-order valence-corrected chi connectivity index (χ2v) is 8.88. The van der Waals surface area contributed by atoms with Gasteiger partial charge in [0, 0.05) is 27.9 Å². The third kappa shape index (κ3) is 5.14. The lowest BCUT2D eigenvalue weighted by Gasteiger charge is -2.24. The molecule has 1 saturated heterocycles. The van der Waals surface area contributed by atoms with Gasteiger partial charge in [0.25, 0.3) is 0 Å². The van der Waals surface area contributed by atoms with Crippen LogP contribution in [0.25, 0.3) is 10.7 Å². The van der Waals surface area contributed by atoms with Gasteiger partial charge in [0.15, 0.2) is 5.82 Å². The van der Waals surface area contributed by atoms with Crippen molar-refractivity contribution in [2.24, 2.45) is 0 Å². The van der Waals surface area contributed by atoms with E-state index >= 15 is 0 Å². The third-order valence-corrected chi connectivity index (χ3v) is 6.31. The van der Waals surface area contributed by atoms with E-state index in [9.17, 15) is 4.79 Å². The maximum Gasteiger partial charge on any atom is 0.222 e. The van der Waals surface area contributed by atoms with Gasteiger partial charge in [-0.3, -0.25) is 4.79 Å². The van der Waals surface area contributed by atoms with Crippen LogP contribution in [0.15, 0.2) is 30.3 Å². The van der Waals surface area contributed by atoms with Crippen molar-refractivity contribution in [2.75, 3.05) is 13.2 Å². The van der Waals surface area contributed by atoms with E-state index in [1.807, 2.05) is 29.2 Å². The van der Waals surface area contributed by atoms with Gasteiger partial charge in [-0.1, -0.05) is 23.2 Å². The number of nitrogens with one attached hydrogen (secondary N) is 1. The number of rotatable bonds is 8. The number of H-pyrrole nitrogens is 1. The van der Waals surface area contributed by atoms with Crippen LogP contribution in [0.5, 0.6) is 0 Å². The van der Waals surface area contributed by atoms with Gasteiger partial charge in [0.2, 0.25) is 5.91 Å². The molecule has 0 radical (unpaired) electrons. The molecular formula is C19H19Cl2N5O2S. The Kier molecular flexibility index (Phi) is 6.44. The lowest BCUT2D eigenvalue weighted by atomic mass is 10.1. The third-order valence-electron chi connectivity index (χ3n) is 4.81. The highest BCUT2D eigenvalue weighted by molar-refractivity contribution is 7.15. The molecule has 0 saturated carbocycles. The van der Waals surface area contributed by atoms with E-state index in [4.69, 9.17) is 27.9 Å². The summed E-state index contributed by atoms with van der Waals surface area (Å²) in [6.07, 6.45) is 2.09. The Bertz CT molecular complexity index is 959. The average molecular weight is 452 g/mol. The minimum Gasteiger partial charge on any atom is -0.374 e. The molecule has 0 spiro atoms. The SMILES string of the molecule is O=C1CCC(COCc2ccc(-c3nnn[nH]3)s2)N1CCc1cc(Cl)cc(Cl)c1. The lowest BCUT2D eigenvalue weighted by Crippen LogP contribution is -2.37. The first-order valence-corrected chi connectivity index (χ1v) is 10.8. The van der Waals surface area contributed by atoms with Gasteiger partial charge in [-0.15, -0.1) is 16.4 Å². The highest BCUT2D eigenvalue weighted by Crippen LogP contribution is 2.26. The van der Waals surface area contributed by atoms with Crippen LogP contribution in [-0.2, 0) is 22.6 Å². The molecule has 1 N–H and O–H groups in total. The number of hydrogen-bond acceptors (Lipinski definition) is 6. The number of carbonyl (C=O) groups excluding carboxylic acids is 1. The monoisotopic (exact) mass is 451 g/mol. The summed E-state index contributed by atoms with van der Waals surface area (Å²) in [6.45, 7) is 1.64. The molecule has 2 aromatic heterocycles. The Hall–Kier alpha value is -2.00. The van der Waals surface area contributed by atoms with E-state index in [2.05, 4.69) is 20.6 Å². The Labute approximate surface area is 182 Å². The van der Waals surface area contributed by atoms with E-state index in [0.717, 1.165) is 21.7 Å². The summed E-state index contributed by atoms with van der Waals surface area (Å²) in [5.41, 5.74) is 1.02. The molecule has 10 heteroatoms. The van der Waals surface area contributed by atoms with Crippen LogP contribution in [0, 0.1) is 0 Å². The van der Waals surface area contributed by atoms with Crippen molar-refractivity contribution in [1.29, 1.82) is 0 Å². The number of carbonyl (C=O) groups is 1. The fraction of sp³-hybridized carbons (Fsp3) is 0.368. The zero-order valence-corrected chi connectivity index (χ0v) is 17.8. The summed E-state index contributed by atoms with van der Waals surface area (Å²) in [5, 5.41) is 15.1. The molecule has 0 bridgehead atoms. The number of tetrazole rings is 1. The van der Waals surface area contributed by atoms with Gasteiger partial charge in [-0.05, 0) is 59.2 Å². The van der Waals surface area contributed by atoms with Crippen molar-refractivity contribution in [3.8, 4) is 10.7 Å². The average Bonchev–Trinajstić information content (AvgIpc) is 3.41. The number of aromatic amines is 1. The van der Waals surface area contributed by atoms with E-state index in [0.29, 0.717) is 48.5 Å². The first-order chi connectivity index (χ1) is 14.1. The zero-order valence-electron chi connectivity index (χ0n) is 15.5. The smallest absolute Gasteiger partial charge is 0.222 e. The van der Waals surface area contributed by atoms with Crippen LogP contribution in [0.2, 0.25) is 10.0 Å². The molecule has 1 aromatic carbocycles. The maximum atomic E-state index is 12.3. The molecule has 1 aliphatic heterocycles. The van der Waals surface area contributed by atoms with Crippen LogP contribution >= 0.6 is 34.5 Å². The van der Waals surface area contributed by atoms with Gasteiger partial charge >= 0.3 is 0 Å². The van der Waals surface area contributed by atoms with Crippen LogP contribution in [-0.4, -0.2) is 50.6 Å². The fourth-order valence-corrected chi connectivity index (χ4v) is 4.87. The Balaban J connectivity index is 1.29. The number of thiophene rings is 1. The molecule has 7 nitrogen and oxygen atoms in total. The summed E-state index contributed by atoms with van der Waals surface area (Å²) >= 11 is 13.7. The first kappa shape index (κ1) is 20.3. The minimum absolute atomic E-state index is 0.0927. The summed E-state index contributed by atoms with van der Waals surface area (Å²) in [6, 6.07) is 9.54. The zero-order chi connectivity index (χ0) is 20.2. The summed E-state index contributed by atoms with van der Waals surface area (Å²) in [5.74, 6) is 0.817. The Morgan fingerprint density at radius 2 is 2.07 bits per heavy atom. The summed E-state index contributed by atoms with van der Waals surface area (Å²) in [7, 11) is 0. The second kappa shape index (κ2) is 9.21. The molecule has 152 valence electrons. The van der Waals surface area contributed by atoms with Gasteiger partial charge in [-0.2, -0.15) is 0 Å². The largest absolute Gasteiger partial charge is 0.374 e. The van der Waals surface area contributed by atoms with Crippen LogP contribution in [0.1, 0.15) is 23.3 Å². The fourth-order valence-electron chi connectivity index (χ4n) is 3.42. The molecule has 3 heterocycles. The van der Waals surface area contributed by atoms with E-state index in [1.165, 1.54) is 0 Å². The van der Waals surface area contributed by atoms with Crippen molar-refractivity contribution >= 4 is 40.4 Å². The molecule has 1 aliphatic rings. The number of aromatic nitrogens is 4. The predicted molar refractivity (Wildman–Crippen MR) is 112 cm³/mol. The standard InChI is InChI=1S/C19H19Cl2N5O2S/c20-13-7-12(8-14(21)9-13)5-6-26-15(1-4-18(26)27)10-28-11-16-2-3-17(29-16)19-22-24-25-23-19/h2-3,7-9,15H,1,4-6,10-11H2,(H,22,23,24,25). The second-order valence-electron chi connectivity index (χ2n) is 6.84. The molecule has 1 fully saturated rings. The minimum atomic E-state index is 0.0927. The summed E-state index contributed by atoms with van der Waals surface area (Å²) in [4.78, 5) is 16.3. The maximum absolute atomic E-state index is 12.3. The molecule has 1 amide bonds. The van der Waals surface area contributed by atoms with E-state index in [1.54, 1.807) is 17.4 Å². The Morgan fingerprint density at radius 1 is 1.24 bits per heavy atom. The highest BCUT2D eigenvalue weighted by Gasteiger charge is 2.30. The highest BCUT2D eigenvalue weighted by atomic mass is 35.5. The predicted octanol–water partition coefficient (Wildman–Crippen LogP) is 3.99. The number of likely N-dealkylation sites (tertiary alicyclic amines) is 1. The topological polar surface area (TPSA) is 84.0 Å². The molecule has 3 aromatic rings. The van der Waals surface area contributed by atoms with Crippen molar-refractivity contribution in [3.05, 3.63) is 50.8 Å². The lowest BCUT2D eigenvalue weighted by molar-refractivity contribution is -0.129. The van der Waals surface area contributed by atoms with Gasteiger partial charge in [0.05, 0.1) is 24.1 Å². The van der Waals surface area contributed by atoms with Crippen molar-refractivity contribution in [1.82, 2.24) is 25.5 Å². The number of halogens is 2. The van der Waals surface area contributed by atoms with Crippen LogP contribution in [0.4, 0.5) is 0 Å². The van der Waals surface area contributed by atoms with Gasteiger partial charge < -0.3 is 9.64 Å². The van der Waals surface area contributed by atoms with Crippen molar-refractivity contribution < 1.29 is 9.53 Å². The molecule has 29 heavy (non-hydrogen) atoms. The number of ether oxygens (including phenoxy) is 1. The molecule has 1 atom stereocenters. The van der Waals surface area contributed by atoms with Crippen molar-refractivity contribution in [3.63, 3.8) is 0 Å². The molecule has 1 unspecified atom stereocenters.